The molecule has 6 heteroatoms. The number of hydrogen-bond acceptors (Lipinski definition) is 2. The number of hydrogen-bond donors (Lipinski definition) is 1. The molecule has 2 rings (SSSR count). The number of halogens is 4. The summed E-state index contributed by atoms with van der Waals surface area (Å²) < 4.78 is 19.2. The van der Waals surface area contributed by atoms with Gasteiger partial charge in [0.05, 0.1) is 5.02 Å². The van der Waals surface area contributed by atoms with E-state index in [9.17, 15) is 4.39 Å². The summed E-state index contributed by atoms with van der Waals surface area (Å²) in [6.45, 7) is 1.33. The van der Waals surface area contributed by atoms with Crippen LogP contribution in [0.15, 0.2) is 12.1 Å². The van der Waals surface area contributed by atoms with Gasteiger partial charge in [-0.25, -0.2) is 4.39 Å². The lowest BCUT2D eigenvalue weighted by Gasteiger charge is -2.28. The van der Waals surface area contributed by atoms with E-state index in [4.69, 9.17) is 33.7 Å². The van der Waals surface area contributed by atoms with Crippen molar-refractivity contribution in [2.75, 3.05) is 13.2 Å². The normalized spacial score (nSPS) is 18.2. The maximum atomic E-state index is 13.9. The Bertz CT molecular complexity index is 411. The summed E-state index contributed by atoms with van der Waals surface area (Å²) in [6.07, 6.45) is 1.65. The Morgan fingerprint density at radius 1 is 1.22 bits per heavy atom. The largest absolute Gasteiger partial charge is 0.381 e. The molecule has 0 amide bonds. The first-order valence-electron chi connectivity index (χ1n) is 5.58. The molecule has 0 aliphatic carbocycles. The van der Waals surface area contributed by atoms with Gasteiger partial charge in [0.15, 0.2) is 0 Å². The average molecular weight is 315 g/mol. The zero-order chi connectivity index (χ0) is 12.4. The second-order valence-corrected chi connectivity index (χ2v) is 5.05. The van der Waals surface area contributed by atoms with Gasteiger partial charge in [0.25, 0.3) is 0 Å². The van der Waals surface area contributed by atoms with Crippen LogP contribution >= 0.6 is 35.6 Å². The lowest BCUT2D eigenvalue weighted by Crippen LogP contribution is -2.28. The zero-order valence-corrected chi connectivity index (χ0v) is 12.0. The van der Waals surface area contributed by atoms with Crippen LogP contribution in [0.2, 0.25) is 10.0 Å². The molecule has 0 radical (unpaired) electrons. The molecule has 0 unspecified atom stereocenters. The molecule has 1 atom stereocenters. The van der Waals surface area contributed by atoms with E-state index >= 15 is 0 Å². The van der Waals surface area contributed by atoms with Crippen LogP contribution in [0.4, 0.5) is 4.39 Å². The van der Waals surface area contributed by atoms with Gasteiger partial charge >= 0.3 is 0 Å². The van der Waals surface area contributed by atoms with Crippen LogP contribution in [0, 0.1) is 11.7 Å². The second kappa shape index (κ2) is 6.92. The Hall–Kier alpha value is -0.0600. The SMILES string of the molecule is Cl.N[C@H](c1c(Cl)ccc(Cl)c1F)C1CCOCC1. The monoisotopic (exact) mass is 313 g/mol. The van der Waals surface area contributed by atoms with Gasteiger partial charge in [-0.15, -0.1) is 12.4 Å². The summed E-state index contributed by atoms with van der Waals surface area (Å²) >= 11 is 11.8. The highest BCUT2D eigenvalue weighted by molar-refractivity contribution is 6.33. The summed E-state index contributed by atoms with van der Waals surface area (Å²) in [5.41, 5.74) is 6.43. The maximum Gasteiger partial charge on any atom is 0.148 e. The first kappa shape index (κ1) is 16.0. The minimum absolute atomic E-state index is 0. The second-order valence-electron chi connectivity index (χ2n) is 4.23. The third-order valence-corrected chi connectivity index (χ3v) is 3.81. The van der Waals surface area contributed by atoms with Crippen molar-refractivity contribution in [1.82, 2.24) is 0 Å². The summed E-state index contributed by atoms with van der Waals surface area (Å²) in [4.78, 5) is 0. The first-order valence-corrected chi connectivity index (χ1v) is 6.33. The summed E-state index contributed by atoms with van der Waals surface area (Å²) in [5.74, 6) is -0.313. The van der Waals surface area contributed by atoms with Crippen LogP contribution in [0.5, 0.6) is 0 Å². The number of benzene rings is 1. The molecule has 1 aromatic rings. The van der Waals surface area contributed by atoms with Gasteiger partial charge < -0.3 is 10.5 Å². The fourth-order valence-electron chi connectivity index (χ4n) is 2.16. The quantitative estimate of drug-likeness (QED) is 0.838. The molecule has 1 aliphatic heterocycles. The topological polar surface area (TPSA) is 35.2 Å². The fraction of sp³-hybridized carbons (Fsp3) is 0.500. The highest BCUT2D eigenvalue weighted by Crippen LogP contribution is 2.35. The van der Waals surface area contributed by atoms with Gasteiger partial charge in [-0.2, -0.15) is 0 Å². The van der Waals surface area contributed by atoms with E-state index in [1.54, 1.807) is 6.07 Å². The van der Waals surface area contributed by atoms with Gasteiger partial charge in [0.2, 0.25) is 0 Å². The number of nitrogens with two attached hydrogens (primary N) is 1. The van der Waals surface area contributed by atoms with E-state index in [1.807, 2.05) is 0 Å². The minimum atomic E-state index is -0.502. The molecule has 0 saturated carbocycles. The Kier molecular flexibility index (Phi) is 6.15. The maximum absolute atomic E-state index is 13.9. The Balaban J connectivity index is 0.00000162. The van der Waals surface area contributed by atoms with Gasteiger partial charge in [-0.1, -0.05) is 23.2 Å². The highest BCUT2D eigenvalue weighted by Gasteiger charge is 2.27. The molecule has 0 spiro atoms. The molecular formula is C12H15Cl3FNO. The molecule has 1 saturated heterocycles. The lowest BCUT2D eigenvalue weighted by atomic mass is 9.87. The lowest BCUT2D eigenvalue weighted by molar-refractivity contribution is 0.0580. The minimum Gasteiger partial charge on any atom is -0.381 e. The molecule has 2 nitrogen and oxygen atoms in total. The van der Waals surface area contributed by atoms with Crippen molar-refractivity contribution in [2.45, 2.75) is 18.9 Å². The van der Waals surface area contributed by atoms with E-state index in [0.717, 1.165) is 12.8 Å². The van der Waals surface area contributed by atoms with E-state index in [2.05, 4.69) is 0 Å². The van der Waals surface area contributed by atoms with Crippen LogP contribution in [-0.4, -0.2) is 13.2 Å². The van der Waals surface area contributed by atoms with Crippen molar-refractivity contribution in [3.63, 3.8) is 0 Å². The van der Waals surface area contributed by atoms with E-state index in [1.165, 1.54) is 6.07 Å². The van der Waals surface area contributed by atoms with E-state index < -0.39 is 11.9 Å². The Labute approximate surface area is 122 Å². The standard InChI is InChI=1S/C12H14Cl2FNO.ClH/c13-8-1-2-9(14)11(15)10(8)12(16)7-3-5-17-6-4-7;/h1-2,7,12H,3-6,16H2;1H/t12-;/m0./s1. The van der Waals surface area contributed by atoms with Crippen molar-refractivity contribution < 1.29 is 9.13 Å². The van der Waals surface area contributed by atoms with Crippen molar-refractivity contribution in [2.24, 2.45) is 11.7 Å². The summed E-state index contributed by atoms with van der Waals surface area (Å²) in [5, 5.41) is 0.401. The predicted molar refractivity (Wildman–Crippen MR) is 74.1 cm³/mol. The van der Waals surface area contributed by atoms with Crippen LogP contribution < -0.4 is 5.73 Å². The Morgan fingerprint density at radius 3 is 2.39 bits per heavy atom. The van der Waals surface area contributed by atoms with Gasteiger partial charge in [-0.3, -0.25) is 0 Å². The molecule has 18 heavy (non-hydrogen) atoms. The van der Waals surface area contributed by atoms with Crippen LogP contribution in [-0.2, 0) is 4.74 Å². The fourth-order valence-corrected chi connectivity index (χ4v) is 2.60. The van der Waals surface area contributed by atoms with Crippen molar-refractivity contribution in [1.29, 1.82) is 0 Å². The molecule has 102 valence electrons. The smallest absolute Gasteiger partial charge is 0.148 e. The van der Waals surface area contributed by atoms with Crippen LogP contribution in [0.25, 0.3) is 0 Å². The molecule has 1 aliphatic rings. The third-order valence-electron chi connectivity index (χ3n) is 3.19. The zero-order valence-electron chi connectivity index (χ0n) is 9.67. The third kappa shape index (κ3) is 3.28. The molecule has 2 N–H and O–H groups in total. The summed E-state index contributed by atoms with van der Waals surface area (Å²) in [6, 6.07) is 2.60. The molecule has 0 aromatic heterocycles. The van der Waals surface area contributed by atoms with Crippen molar-refractivity contribution >= 4 is 35.6 Å². The van der Waals surface area contributed by atoms with Crippen LogP contribution in [0.3, 0.4) is 0 Å². The number of ether oxygens (including phenoxy) is 1. The van der Waals surface area contributed by atoms with E-state index in [0.29, 0.717) is 23.8 Å². The van der Waals surface area contributed by atoms with Gasteiger partial charge in [0, 0.05) is 29.8 Å². The number of rotatable bonds is 2. The average Bonchev–Trinajstić information content (AvgIpc) is 2.35. The van der Waals surface area contributed by atoms with Gasteiger partial charge in [-0.05, 0) is 30.9 Å². The molecule has 1 fully saturated rings. The summed E-state index contributed by atoms with van der Waals surface area (Å²) in [7, 11) is 0. The van der Waals surface area contributed by atoms with Gasteiger partial charge in [0.1, 0.15) is 5.82 Å². The Morgan fingerprint density at radius 2 is 1.78 bits per heavy atom. The molecule has 1 aromatic carbocycles. The molecule has 0 bridgehead atoms. The first-order chi connectivity index (χ1) is 8.11. The van der Waals surface area contributed by atoms with Crippen molar-refractivity contribution in [3.8, 4) is 0 Å². The van der Waals surface area contributed by atoms with Crippen LogP contribution in [0.1, 0.15) is 24.4 Å². The molecule has 1 heterocycles. The molecular weight excluding hydrogens is 299 g/mol. The van der Waals surface area contributed by atoms with Crippen molar-refractivity contribution in [3.05, 3.63) is 33.6 Å². The highest BCUT2D eigenvalue weighted by atomic mass is 35.5. The van der Waals surface area contributed by atoms with E-state index in [-0.39, 0.29) is 23.3 Å². The predicted octanol–water partition coefficient (Wildman–Crippen LogP) is 3.98.